The van der Waals surface area contributed by atoms with Crippen LogP contribution in [0.25, 0.3) is 0 Å². The molecule has 28 heavy (non-hydrogen) atoms. The molecule has 1 atom stereocenters. The Bertz CT molecular complexity index is 696. The molecule has 0 saturated heterocycles. The Hall–Kier alpha value is -1.53. The van der Waals surface area contributed by atoms with E-state index in [0.29, 0.717) is 5.75 Å². The Labute approximate surface area is 169 Å². The first-order chi connectivity index (χ1) is 13.5. The summed E-state index contributed by atoms with van der Waals surface area (Å²) in [6.45, 7) is 5.40. The van der Waals surface area contributed by atoms with Crippen LogP contribution in [0.3, 0.4) is 0 Å². The Balaban J connectivity index is 1.63. The van der Waals surface area contributed by atoms with E-state index in [-0.39, 0.29) is 6.10 Å². The maximum Gasteiger partial charge on any atom is 0.416 e. The molecule has 3 rings (SSSR count). The summed E-state index contributed by atoms with van der Waals surface area (Å²) in [6, 6.07) is 7.04. The lowest BCUT2D eigenvalue weighted by molar-refractivity contribution is -0.137. The van der Waals surface area contributed by atoms with Gasteiger partial charge in [0.1, 0.15) is 11.9 Å². The number of alkyl halides is 3. The van der Waals surface area contributed by atoms with E-state index in [4.69, 9.17) is 4.74 Å². The number of nitrogens with zero attached hydrogens (tertiary/aromatic N) is 1. The number of hydrogen-bond acceptors (Lipinski definition) is 3. The molecule has 0 bridgehead atoms. The second-order valence-electron chi connectivity index (χ2n) is 7.57. The molecule has 6 heteroatoms. The van der Waals surface area contributed by atoms with Gasteiger partial charge in [0, 0.05) is 25.1 Å². The minimum atomic E-state index is -4.33. The second-order valence-corrected chi connectivity index (χ2v) is 8.35. The molecule has 2 aromatic rings. The third-order valence-electron chi connectivity index (χ3n) is 5.12. The summed E-state index contributed by atoms with van der Waals surface area (Å²) in [5.74, 6) is 1.32. The van der Waals surface area contributed by atoms with Crippen molar-refractivity contribution in [3.05, 3.63) is 52.2 Å². The summed E-state index contributed by atoms with van der Waals surface area (Å²) in [7, 11) is 0. The first kappa shape index (κ1) is 21.2. The van der Waals surface area contributed by atoms with E-state index in [1.807, 2.05) is 11.4 Å². The van der Waals surface area contributed by atoms with Gasteiger partial charge in [0.25, 0.3) is 0 Å². The summed E-state index contributed by atoms with van der Waals surface area (Å²) in [5.41, 5.74) is 0.439. The highest BCUT2D eigenvalue weighted by Gasteiger charge is 2.30. The van der Waals surface area contributed by atoms with Crippen LogP contribution in [0, 0.1) is 5.92 Å². The molecule has 0 amide bonds. The molecule has 1 fully saturated rings. The van der Waals surface area contributed by atoms with Gasteiger partial charge in [-0.1, -0.05) is 13.3 Å². The van der Waals surface area contributed by atoms with Gasteiger partial charge in [-0.15, -0.1) is 0 Å². The smallest absolute Gasteiger partial charge is 0.416 e. The molecule has 1 unspecified atom stereocenters. The molecule has 0 spiro atoms. The van der Waals surface area contributed by atoms with Crippen molar-refractivity contribution in [3.63, 3.8) is 0 Å². The standard InChI is InChI=1S/C22H28F3NOS/c1-2-3-12-26(15-17-4-5-17)13-10-21(18-11-14-28-16-18)27-20-8-6-19(7-9-20)22(23,24)25/h6-9,11,14,16-17,21H,2-5,10,12-13,15H2,1H3. The van der Waals surface area contributed by atoms with Gasteiger partial charge >= 0.3 is 6.18 Å². The van der Waals surface area contributed by atoms with Crippen LogP contribution in [-0.4, -0.2) is 24.5 Å². The van der Waals surface area contributed by atoms with Crippen molar-refractivity contribution in [1.29, 1.82) is 0 Å². The maximum atomic E-state index is 12.8. The highest BCUT2D eigenvalue weighted by Crippen LogP contribution is 2.33. The Kier molecular flexibility index (Phi) is 7.41. The fourth-order valence-corrected chi connectivity index (χ4v) is 3.98. The van der Waals surface area contributed by atoms with Gasteiger partial charge in [0.05, 0.1) is 5.56 Å². The molecular formula is C22H28F3NOS. The number of thiophene rings is 1. The Morgan fingerprint density at radius 1 is 1.14 bits per heavy atom. The molecule has 1 aromatic carbocycles. The highest BCUT2D eigenvalue weighted by atomic mass is 32.1. The van der Waals surface area contributed by atoms with Gasteiger partial charge in [-0.25, -0.2) is 0 Å². The number of unbranched alkanes of at least 4 members (excludes halogenated alkanes) is 1. The van der Waals surface area contributed by atoms with E-state index in [9.17, 15) is 13.2 Å². The van der Waals surface area contributed by atoms with E-state index >= 15 is 0 Å². The van der Waals surface area contributed by atoms with E-state index < -0.39 is 11.7 Å². The summed E-state index contributed by atoms with van der Waals surface area (Å²) in [5, 5.41) is 4.07. The molecule has 1 heterocycles. The Morgan fingerprint density at radius 3 is 2.46 bits per heavy atom. The van der Waals surface area contributed by atoms with Crippen molar-refractivity contribution in [2.75, 3.05) is 19.6 Å². The highest BCUT2D eigenvalue weighted by molar-refractivity contribution is 7.07. The number of ether oxygens (including phenoxy) is 1. The van der Waals surface area contributed by atoms with E-state index in [2.05, 4.69) is 17.2 Å². The topological polar surface area (TPSA) is 12.5 Å². The van der Waals surface area contributed by atoms with Gasteiger partial charge in [0.15, 0.2) is 0 Å². The van der Waals surface area contributed by atoms with E-state index in [0.717, 1.165) is 49.7 Å². The summed E-state index contributed by atoms with van der Waals surface area (Å²) in [6.07, 6.45) is 1.39. The van der Waals surface area contributed by atoms with Crippen LogP contribution in [0.1, 0.15) is 56.3 Å². The Morgan fingerprint density at radius 2 is 1.89 bits per heavy atom. The monoisotopic (exact) mass is 411 g/mol. The molecular weight excluding hydrogens is 383 g/mol. The number of benzene rings is 1. The third-order valence-corrected chi connectivity index (χ3v) is 5.83. The van der Waals surface area contributed by atoms with Crippen LogP contribution in [0.15, 0.2) is 41.1 Å². The van der Waals surface area contributed by atoms with Crippen LogP contribution in [0.5, 0.6) is 5.75 Å². The lowest BCUT2D eigenvalue weighted by atomic mass is 10.1. The van der Waals surface area contributed by atoms with Crippen LogP contribution in [0.2, 0.25) is 0 Å². The molecule has 1 aromatic heterocycles. The second kappa shape index (κ2) is 9.79. The maximum absolute atomic E-state index is 12.8. The van der Waals surface area contributed by atoms with Crippen LogP contribution in [-0.2, 0) is 6.18 Å². The molecule has 154 valence electrons. The van der Waals surface area contributed by atoms with Gasteiger partial charge in [0.2, 0.25) is 0 Å². The van der Waals surface area contributed by atoms with E-state index in [1.54, 1.807) is 11.3 Å². The van der Waals surface area contributed by atoms with Crippen molar-refractivity contribution in [1.82, 2.24) is 4.90 Å². The first-order valence-corrected chi connectivity index (χ1v) is 11.0. The van der Waals surface area contributed by atoms with Gasteiger partial charge < -0.3 is 9.64 Å². The zero-order chi connectivity index (χ0) is 20.0. The zero-order valence-corrected chi connectivity index (χ0v) is 17.1. The molecule has 1 aliphatic rings. The minimum absolute atomic E-state index is 0.147. The average Bonchev–Trinajstić information content (AvgIpc) is 3.31. The number of rotatable bonds is 11. The van der Waals surface area contributed by atoms with Gasteiger partial charge in [-0.05, 0) is 72.8 Å². The molecule has 0 N–H and O–H groups in total. The lowest BCUT2D eigenvalue weighted by Crippen LogP contribution is -2.30. The fraction of sp³-hybridized carbons (Fsp3) is 0.545. The van der Waals surface area contributed by atoms with Crippen molar-refractivity contribution in [2.24, 2.45) is 5.92 Å². The third kappa shape index (κ3) is 6.52. The molecule has 1 saturated carbocycles. The summed E-state index contributed by atoms with van der Waals surface area (Å²) >= 11 is 1.61. The largest absolute Gasteiger partial charge is 0.486 e. The molecule has 2 nitrogen and oxygen atoms in total. The van der Waals surface area contributed by atoms with Crippen LogP contribution >= 0.6 is 11.3 Å². The van der Waals surface area contributed by atoms with Crippen molar-refractivity contribution in [3.8, 4) is 5.75 Å². The van der Waals surface area contributed by atoms with Gasteiger partial charge in [-0.2, -0.15) is 24.5 Å². The lowest BCUT2D eigenvalue weighted by Gasteiger charge is -2.25. The summed E-state index contributed by atoms with van der Waals surface area (Å²) in [4.78, 5) is 2.52. The number of hydrogen-bond donors (Lipinski definition) is 0. The predicted octanol–water partition coefficient (Wildman–Crippen LogP) is 6.79. The normalized spacial score (nSPS) is 15.8. The minimum Gasteiger partial charge on any atom is -0.486 e. The molecule has 0 aliphatic heterocycles. The van der Waals surface area contributed by atoms with Crippen molar-refractivity contribution in [2.45, 2.75) is 51.3 Å². The fourth-order valence-electron chi connectivity index (χ4n) is 3.28. The van der Waals surface area contributed by atoms with E-state index in [1.165, 1.54) is 37.8 Å². The first-order valence-electron chi connectivity index (χ1n) is 10.0. The molecule has 0 radical (unpaired) electrons. The molecule has 1 aliphatic carbocycles. The van der Waals surface area contributed by atoms with Crippen molar-refractivity contribution < 1.29 is 17.9 Å². The van der Waals surface area contributed by atoms with Crippen molar-refractivity contribution >= 4 is 11.3 Å². The summed E-state index contributed by atoms with van der Waals surface area (Å²) < 4.78 is 44.5. The average molecular weight is 412 g/mol. The van der Waals surface area contributed by atoms with Crippen LogP contribution < -0.4 is 4.74 Å². The van der Waals surface area contributed by atoms with Gasteiger partial charge in [-0.3, -0.25) is 0 Å². The van der Waals surface area contributed by atoms with Crippen LogP contribution in [0.4, 0.5) is 13.2 Å². The SMILES string of the molecule is CCCCN(CCC(Oc1ccc(C(F)(F)F)cc1)c1ccsc1)CC1CC1. The predicted molar refractivity (Wildman–Crippen MR) is 108 cm³/mol. The number of halogens is 3. The zero-order valence-electron chi connectivity index (χ0n) is 16.3. The quantitative estimate of drug-likeness (QED) is 0.404.